The summed E-state index contributed by atoms with van der Waals surface area (Å²) in [6.45, 7) is 6.03. The molecule has 0 aromatic heterocycles. The van der Waals surface area contributed by atoms with Crippen LogP contribution in [0.3, 0.4) is 0 Å². The minimum Gasteiger partial charge on any atom is -0.480 e. The van der Waals surface area contributed by atoms with E-state index in [9.17, 15) is 9.59 Å². The predicted molar refractivity (Wildman–Crippen MR) is 72.8 cm³/mol. The second-order valence-corrected chi connectivity index (χ2v) is 4.95. The van der Waals surface area contributed by atoms with E-state index in [0.29, 0.717) is 12.1 Å². The average Bonchev–Trinajstić information content (AvgIpc) is 2.29. The fourth-order valence-corrected chi connectivity index (χ4v) is 1.88. The Balaban J connectivity index is 2.78. The minimum atomic E-state index is -0.860. The lowest BCUT2D eigenvalue weighted by molar-refractivity contribution is -0.140. The molecule has 1 amide bonds. The van der Waals surface area contributed by atoms with Crippen molar-refractivity contribution in [1.29, 1.82) is 0 Å². The lowest BCUT2D eigenvalue weighted by atomic mass is 10.0. The summed E-state index contributed by atoms with van der Waals surface area (Å²) in [7, 11) is 0. The Morgan fingerprint density at radius 1 is 1.37 bits per heavy atom. The van der Waals surface area contributed by atoms with Gasteiger partial charge in [0, 0.05) is 12.1 Å². The smallest absolute Gasteiger partial charge is 0.320 e. The molecule has 19 heavy (non-hydrogen) atoms. The first-order chi connectivity index (χ1) is 8.82. The Kier molecular flexibility index (Phi) is 5.06. The fourth-order valence-electron chi connectivity index (χ4n) is 1.88. The monoisotopic (exact) mass is 264 g/mol. The van der Waals surface area contributed by atoms with E-state index in [1.807, 2.05) is 20.8 Å². The molecule has 0 bridgehead atoms. The molecular weight excluding hydrogens is 244 g/mol. The lowest BCUT2D eigenvalue weighted by Crippen LogP contribution is -2.40. The molecule has 0 spiro atoms. The number of nitrogens with one attached hydrogen (secondary N) is 1. The Hall–Kier alpha value is -1.88. The predicted octanol–water partition coefficient (Wildman–Crippen LogP) is 1.29. The average molecular weight is 264 g/mol. The number of hydrogen-bond donors (Lipinski definition) is 3. The molecular formula is C14H20N2O3. The van der Waals surface area contributed by atoms with Crippen molar-refractivity contribution in [3.8, 4) is 0 Å². The number of rotatable bonds is 6. The number of carboxylic acid groups (broad SMARTS) is 1. The third kappa shape index (κ3) is 4.06. The second-order valence-electron chi connectivity index (χ2n) is 4.95. The Morgan fingerprint density at radius 2 is 2.00 bits per heavy atom. The molecule has 0 radical (unpaired) electrons. The van der Waals surface area contributed by atoms with Crippen molar-refractivity contribution in [2.75, 3.05) is 0 Å². The molecule has 1 atom stereocenters. The Morgan fingerprint density at radius 3 is 2.42 bits per heavy atom. The summed E-state index contributed by atoms with van der Waals surface area (Å²) in [6, 6.07) is 4.57. The standard InChI is InChI=1S/C14H20N2O3/c1-8(2)12(14(18)19)16-7-11-5-4-10(13(15)17)6-9(11)3/h4-6,8,12,16H,7H2,1-3H3,(H2,15,17)(H,18,19). The zero-order valence-corrected chi connectivity index (χ0v) is 11.4. The fraction of sp³-hybridized carbons (Fsp3) is 0.429. The van der Waals surface area contributed by atoms with Gasteiger partial charge in [0.15, 0.2) is 0 Å². The number of carbonyl (C=O) groups excluding carboxylic acids is 1. The molecule has 0 fully saturated rings. The number of hydrogen-bond acceptors (Lipinski definition) is 3. The van der Waals surface area contributed by atoms with Crippen LogP contribution in [0.2, 0.25) is 0 Å². The van der Waals surface area contributed by atoms with Crippen molar-refractivity contribution >= 4 is 11.9 Å². The van der Waals surface area contributed by atoms with Gasteiger partial charge in [-0.05, 0) is 36.1 Å². The summed E-state index contributed by atoms with van der Waals surface area (Å²) in [4.78, 5) is 22.1. The van der Waals surface area contributed by atoms with Gasteiger partial charge in [0.05, 0.1) is 0 Å². The number of primary amides is 1. The first kappa shape index (κ1) is 15.2. The van der Waals surface area contributed by atoms with Crippen molar-refractivity contribution in [2.45, 2.75) is 33.4 Å². The minimum absolute atomic E-state index is 0.00250. The van der Waals surface area contributed by atoms with Gasteiger partial charge in [-0.25, -0.2) is 0 Å². The number of aliphatic carboxylic acids is 1. The Labute approximate surface area is 112 Å². The highest BCUT2D eigenvalue weighted by Gasteiger charge is 2.20. The second kappa shape index (κ2) is 6.33. The van der Waals surface area contributed by atoms with Crippen molar-refractivity contribution in [1.82, 2.24) is 5.32 Å². The SMILES string of the molecule is Cc1cc(C(N)=O)ccc1CNC(C(=O)O)C(C)C. The quantitative estimate of drug-likeness (QED) is 0.722. The van der Waals surface area contributed by atoms with Crippen LogP contribution in [0.25, 0.3) is 0 Å². The van der Waals surface area contributed by atoms with Gasteiger partial charge in [0.25, 0.3) is 0 Å². The van der Waals surface area contributed by atoms with Gasteiger partial charge >= 0.3 is 5.97 Å². The van der Waals surface area contributed by atoms with Crippen LogP contribution in [-0.2, 0) is 11.3 Å². The van der Waals surface area contributed by atoms with Gasteiger partial charge < -0.3 is 16.2 Å². The molecule has 0 aliphatic carbocycles. The molecule has 5 nitrogen and oxygen atoms in total. The first-order valence-corrected chi connectivity index (χ1v) is 6.18. The van der Waals surface area contributed by atoms with Crippen LogP contribution in [0.15, 0.2) is 18.2 Å². The first-order valence-electron chi connectivity index (χ1n) is 6.18. The number of carbonyl (C=O) groups is 2. The molecule has 104 valence electrons. The molecule has 1 aromatic rings. The van der Waals surface area contributed by atoms with Gasteiger partial charge in [-0.2, -0.15) is 0 Å². The third-order valence-corrected chi connectivity index (χ3v) is 3.07. The molecule has 1 unspecified atom stereocenters. The van der Waals surface area contributed by atoms with Crippen molar-refractivity contribution in [2.24, 2.45) is 11.7 Å². The summed E-state index contributed by atoms with van der Waals surface area (Å²) in [5.41, 5.74) is 7.53. The zero-order chi connectivity index (χ0) is 14.6. The molecule has 0 saturated heterocycles. The van der Waals surface area contributed by atoms with E-state index >= 15 is 0 Å². The largest absolute Gasteiger partial charge is 0.480 e. The van der Waals surface area contributed by atoms with E-state index in [1.54, 1.807) is 18.2 Å². The van der Waals surface area contributed by atoms with E-state index in [-0.39, 0.29) is 5.92 Å². The molecule has 0 aliphatic rings. The summed E-state index contributed by atoms with van der Waals surface area (Å²) < 4.78 is 0. The lowest BCUT2D eigenvalue weighted by Gasteiger charge is -2.18. The maximum absolute atomic E-state index is 11.1. The van der Waals surface area contributed by atoms with Crippen LogP contribution >= 0.6 is 0 Å². The molecule has 1 rings (SSSR count). The molecule has 5 heteroatoms. The third-order valence-electron chi connectivity index (χ3n) is 3.07. The van der Waals surface area contributed by atoms with Gasteiger partial charge in [0.2, 0.25) is 5.91 Å². The van der Waals surface area contributed by atoms with Gasteiger partial charge in [0.1, 0.15) is 6.04 Å². The van der Waals surface area contributed by atoms with E-state index in [2.05, 4.69) is 5.32 Å². The highest BCUT2D eigenvalue weighted by Crippen LogP contribution is 2.12. The normalized spacial score (nSPS) is 12.4. The number of benzene rings is 1. The van der Waals surface area contributed by atoms with Crippen LogP contribution in [-0.4, -0.2) is 23.0 Å². The summed E-state index contributed by atoms with van der Waals surface area (Å²) in [6.07, 6.45) is 0. The van der Waals surface area contributed by atoms with E-state index in [0.717, 1.165) is 11.1 Å². The van der Waals surface area contributed by atoms with Crippen LogP contribution < -0.4 is 11.1 Å². The van der Waals surface area contributed by atoms with Crippen molar-refractivity contribution in [3.05, 3.63) is 34.9 Å². The molecule has 0 heterocycles. The summed E-state index contributed by atoms with van der Waals surface area (Å²) in [5, 5.41) is 12.1. The van der Waals surface area contributed by atoms with E-state index in [1.165, 1.54) is 0 Å². The molecule has 0 saturated carbocycles. The zero-order valence-electron chi connectivity index (χ0n) is 11.4. The van der Waals surface area contributed by atoms with E-state index in [4.69, 9.17) is 10.8 Å². The topological polar surface area (TPSA) is 92.4 Å². The summed E-state index contributed by atoms with van der Waals surface area (Å²) in [5.74, 6) is -1.32. The number of carboxylic acids is 1. The maximum Gasteiger partial charge on any atom is 0.320 e. The van der Waals surface area contributed by atoms with Gasteiger partial charge in [-0.1, -0.05) is 19.9 Å². The van der Waals surface area contributed by atoms with Gasteiger partial charge in [-0.3, -0.25) is 9.59 Å². The van der Waals surface area contributed by atoms with Crippen LogP contribution in [0.4, 0.5) is 0 Å². The molecule has 1 aromatic carbocycles. The van der Waals surface area contributed by atoms with Crippen molar-refractivity contribution in [3.63, 3.8) is 0 Å². The molecule has 0 aliphatic heterocycles. The van der Waals surface area contributed by atoms with Crippen LogP contribution in [0.5, 0.6) is 0 Å². The van der Waals surface area contributed by atoms with Crippen LogP contribution in [0, 0.1) is 12.8 Å². The van der Waals surface area contributed by atoms with E-state index < -0.39 is 17.9 Å². The number of aryl methyl sites for hydroxylation is 1. The summed E-state index contributed by atoms with van der Waals surface area (Å²) >= 11 is 0. The van der Waals surface area contributed by atoms with Crippen LogP contribution in [0.1, 0.15) is 35.3 Å². The highest BCUT2D eigenvalue weighted by molar-refractivity contribution is 5.93. The maximum atomic E-state index is 11.1. The van der Waals surface area contributed by atoms with Gasteiger partial charge in [-0.15, -0.1) is 0 Å². The van der Waals surface area contributed by atoms with Crippen molar-refractivity contribution < 1.29 is 14.7 Å². The Bertz CT molecular complexity index is 484. The highest BCUT2D eigenvalue weighted by atomic mass is 16.4. The number of nitrogens with two attached hydrogens (primary N) is 1. The number of amides is 1. The molecule has 4 N–H and O–H groups in total.